The van der Waals surface area contributed by atoms with Gasteiger partial charge in [-0.3, -0.25) is 10.1 Å². The molecule has 0 N–H and O–H groups in total. The maximum atomic E-state index is 14.3. The van der Waals surface area contributed by atoms with Crippen molar-refractivity contribution in [3.05, 3.63) is 70.4 Å². The van der Waals surface area contributed by atoms with Crippen LogP contribution in [0.2, 0.25) is 0 Å². The molecule has 32 heavy (non-hydrogen) atoms. The number of rotatable bonds is 8. The predicted molar refractivity (Wildman–Crippen MR) is 116 cm³/mol. The van der Waals surface area contributed by atoms with Gasteiger partial charge in [-0.15, -0.1) is 20.4 Å². The molecule has 0 aliphatic carbocycles. The molecule has 0 unspecified atom stereocenters. The molecule has 0 fully saturated rings. The van der Waals surface area contributed by atoms with Crippen LogP contribution in [0.3, 0.4) is 0 Å². The first-order chi connectivity index (χ1) is 15.4. The Bertz CT molecular complexity index is 1240. The smallest absolute Gasteiger partial charge is 0.269 e. The average molecular weight is 454 g/mol. The number of benzene rings is 2. The fourth-order valence-electron chi connectivity index (χ4n) is 3.05. The minimum absolute atomic E-state index is 0.0146. The lowest BCUT2D eigenvalue weighted by Crippen LogP contribution is -2.08. The number of nitro groups is 1. The van der Waals surface area contributed by atoms with Crippen molar-refractivity contribution in [2.24, 2.45) is 5.92 Å². The Hall–Kier alpha value is -3.60. The Kier molecular flexibility index (Phi) is 6.26. The molecule has 0 spiro atoms. The van der Waals surface area contributed by atoms with E-state index in [-0.39, 0.29) is 17.4 Å². The largest absolute Gasteiger partial charge is 0.420 e. The molecular formula is C21H19FN6O3S. The van der Waals surface area contributed by atoms with Crippen LogP contribution in [-0.2, 0) is 12.3 Å². The van der Waals surface area contributed by atoms with Crippen molar-refractivity contribution in [3.63, 3.8) is 0 Å². The summed E-state index contributed by atoms with van der Waals surface area (Å²) in [5.74, 6) is 1.39. The van der Waals surface area contributed by atoms with Gasteiger partial charge in [0.15, 0.2) is 11.0 Å². The van der Waals surface area contributed by atoms with Crippen molar-refractivity contribution in [3.8, 4) is 22.8 Å². The summed E-state index contributed by atoms with van der Waals surface area (Å²) in [7, 11) is 0. The molecule has 9 nitrogen and oxygen atoms in total. The molecule has 0 radical (unpaired) electrons. The molecule has 2 aromatic heterocycles. The SMILES string of the molecule is CC(C)Cn1c(SCc2nnc(-c3ccc([N+](=O)[O-])cc3)o2)nnc1-c1ccccc1F. The minimum Gasteiger partial charge on any atom is -0.420 e. The zero-order valence-electron chi connectivity index (χ0n) is 17.3. The summed E-state index contributed by atoms with van der Waals surface area (Å²) in [5, 5.41) is 27.9. The molecule has 0 aliphatic heterocycles. The van der Waals surface area contributed by atoms with Crippen molar-refractivity contribution in [2.75, 3.05) is 0 Å². The Morgan fingerprint density at radius 1 is 1.09 bits per heavy atom. The van der Waals surface area contributed by atoms with E-state index in [4.69, 9.17) is 4.42 Å². The maximum Gasteiger partial charge on any atom is 0.269 e. The number of thioether (sulfide) groups is 1. The molecule has 164 valence electrons. The molecule has 4 aromatic rings. The summed E-state index contributed by atoms with van der Waals surface area (Å²) < 4.78 is 21.9. The summed E-state index contributed by atoms with van der Waals surface area (Å²) in [4.78, 5) is 10.3. The molecule has 11 heteroatoms. The Morgan fingerprint density at radius 3 is 2.53 bits per heavy atom. The van der Waals surface area contributed by atoms with E-state index in [1.807, 2.05) is 4.57 Å². The third kappa shape index (κ3) is 4.67. The molecule has 0 bridgehead atoms. The van der Waals surface area contributed by atoms with E-state index in [0.717, 1.165) is 0 Å². The monoisotopic (exact) mass is 454 g/mol. The van der Waals surface area contributed by atoms with Gasteiger partial charge in [-0.05, 0) is 30.2 Å². The maximum absolute atomic E-state index is 14.3. The van der Waals surface area contributed by atoms with Crippen LogP contribution in [0, 0.1) is 21.8 Å². The summed E-state index contributed by atoms with van der Waals surface area (Å²) in [6.07, 6.45) is 0. The number of halogens is 1. The third-order valence-corrected chi connectivity index (χ3v) is 5.45. The Balaban J connectivity index is 1.53. The Morgan fingerprint density at radius 2 is 1.84 bits per heavy atom. The third-order valence-electron chi connectivity index (χ3n) is 4.50. The van der Waals surface area contributed by atoms with Crippen LogP contribution in [-0.4, -0.2) is 29.9 Å². The van der Waals surface area contributed by atoms with E-state index >= 15 is 0 Å². The summed E-state index contributed by atoms with van der Waals surface area (Å²) in [6, 6.07) is 12.4. The average Bonchev–Trinajstić information content (AvgIpc) is 3.40. The second kappa shape index (κ2) is 9.27. The van der Waals surface area contributed by atoms with Crippen molar-refractivity contribution in [2.45, 2.75) is 31.3 Å². The molecule has 0 amide bonds. The molecule has 4 rings (SSSR count). The van der Waals surface area contributed by atoms with E-state index < -0.39 is 4.92 Å². The molecule has 0 aliphatic rings. The van der Waals surface area contributed by atoms with Gasteiger partial charge in [0, 0.05) is 24.2 Å². The molecular weight excluding hydrogens is 435 g/mol. The first kappa shape index (κ1) is 21.6. The molecule has 2 aromatic carbocycles. The lowest BCUT2D eigenvalue weighted by Gasteiger charge is -2.12. The van der Waals surface area contributed by atoms with E-state index in [9.17, 15) is 14.5 Å². The van der Waals surface area contributed by atoms with Gasteiger partial charge in [-0.1, -0.05) is 37.7 Å². The molecule has 0 saturated carbocycles. The van der Waals surface area contributed by atoms with Gasteiger partial charge in [0.25, 0.3) is 5.69 Å². The first-order valence-corrected chi connectivity index (χ1v) is 10.8. The van der Waals surface area contributed by atoms with Gasteiger partial charge in [0.2, 0.25) is 11.8 Å². The second-order valence-corrected chi connectivity index (χ2v) is 8.33. The van der Waals surface area contributed by atoms with Gasteiger partial charge in [-0.25, -0.2) is 4.39 Å². The second-order valence-electron chi connectivity index (χ2n) is 7.38. The topological polar surface area (TPSA) is 113 Å². The normalized spacial score (nSPS) is 11.2. The van der Waals surface area contributed by atoms with E-state index in [0.29, 0.717) is 46.2 Å². The Labute approximate surface area is 186 Å². The lowest BCUT2D eigenvalue weighted by atomic mass is 10.2. The number of nitro benzene ring substituents is 1. The minimum atomic E-state index is -0.470. The van der Waals surface area contributed by atoms with Crippen LogP contribution in [0.4, 0.5) is 10.1 Å². The standard InChI is InChI=1S/C21H19FN6O3S/c1-13(2)11-27-19(16-5-3-4-6-17(16)22)24-26-21(27)32-12-18-23-25-20(31-18)14-7-9-15(10-8-14)28(29)30/h3-10,13H,11-12H2,1-2H3. The molecule has 2 heterocycles. The molecule has 0 atom stereocenters. The summed E-state index contributed by atoms with van der Waals surface area (Å²) in [5.41, 5.74) is 0.967. The summed E-state index contributed by atoms with van der Waals surface area (Å²) >= 11 is 1.36. The van der Waals surface area contributed by atoms with Gasteiger partial charge in [0.05, 0.1) is 16.2 Å². The summed E-state index contributed by atoms with van der Waals surface area (Å²) in [6.45, 7) is 4.75. The zero-order chi connectivity index (χ0) is 22.7. The fraction of sp³-hybridized carbons (Fsp3) is 0.238. The number of hydrogen-bond acceptors (Lipinski definition) is 8. The number of hydrogen-bond donors (Lipinski definition) is 0. The fourth-order valence-corrected chi connectivity index (χ4v) is 3.83. The van der Waals surface area contributed by atoms with Gasteiger partial charge in [-0.2, -0.15) is 0 Å². The van der Waals surface area contributed by atoms with Crippen LogP contribution in [0.5, 0.6) is 0 Å². The quantitative estimate of drug-likeness (QED) is 0.208. The van der Waals surface area contributed by atoms with Crippen LogP contribution in [0.25, 0.3) is 22.8 Å². The zero-order valence-corrected chi connectivity index (χ0v) is 18.1. The van der Waals surface area contributed by atoms with E-state index in [1.165, 1.54) is 30.0 Å². The van der Waals surface area contributed by atoms with Crippen molar-refractivity contribution >= 4 is 17.4 Å². The van der Waals surface area contributed by atoms with Crippen molar-refractivity contribution < 1.29 is 13.7 Å². The van der Waals surface area contributed by atoms with E-state index in [2.05, 4.69) is 34.2 Å². The first-order valence-electron chi connectivity index (χ1n) is 9.80. The van der Waals surface area contributed by atoms with Crippen LogP contribution in [0.1, 0.15) is 19.7 Å². The van der Waals surface area contributed by atoms with Crippen molar-refractivity contribution in [1.29, 1.82) is 0 Å². The van der Waals surface area contributed by atoms with E-state index in [1.54, 1.807) is 30.3 Å². The van der Waals surface area contributed by atoms with Crippen LogP contribution >= 0.6 is 11.8 Å². The highest BCUT2D eigenvalue weighted by Gasteiger charge is 2.19. The van der Waals surface area contributed by atoms with Gasteiger partial charge in [0.1, 0.15) is 5.82 Å². The van der Waals surface area contributed by atoms with Crippen LogP contribution < -0.4 is 0 Å². The highest BCUT2D eigenvalue weighted by Crippen LogP contribution is 2.29. The van der Waals surface area contributed by atoms with Gasteiger partial charge < -0.3 is 8.98 Å². The van der Waals surface area contributed by atoms with Gasteiger partial charge >= 0.3 is 0 Å². The number of nitrogens with zero attached hydrogens (tertiary/aromatic N) is 6. The van der Waals surface area contributed by atoms with Crippen molar-refractivity contribution in [1.82, 2.24) is 25.0 Å². The lowest BCUT2D eigenvalue weighted by molar-refractivity contribution is -0.384. The predicted octanol–water partition coefficient (Wildman–Crippen LogP) is 4.99. The highest BCUT2D eigenvalue weighted by molar-refractivity contribution is 7.98. The molecule has 0 saturated heterocycles. The number of non-ortho nitro benzene ring substituents is 1. The number of aromatic nitrogens is 5. The highest BCUT2D eigenvalue weighted by atomic mass is 32.2. The van der Waals surface area contributed by atoms with Crippen LogP contribution in [0.15, 0.2) is 58.1 Å².